The van der Waals surface area contributed by atoms with Crippen LogP contribution in [0.2, 0.25) is 0 Å². The van der Waals surface area contributed by atoms with E-state index in [1.165, 1.54) is 11.8 Å². The summed E-state index contributed by atoms with van der Waals surface area (Å²) in [6, 6.07) is 16.5. The number of likely N-dealkylation sites (tertiary alicyclic amines) is 1. The second-order valence-electron chi connectivity index (χ2n) is 18.2. The largest absolute Gasteiger partial charge is 0.481 e. The fourth-order valence-electron chi connectivity index (χ4n) is 8.66. The van der Waals surface area contributed by atoms with Gasteiger partial charge in [0.15, 0.2) is 5.96 Å². The van der Waals surface area contributed by atoms with Crippen LogP contribution in [0.3, 0.4) is 0 Å². The van der Waals surface area contributed by atoms with Crippen molar-refractivity contribution in [3.8, 4) is 0 Å². The molecule has 392 valence electrons. The van der Waals surface area contributed by atoms with E-state index in [1.54, 1.807) is 91.0 Å². The lowest BCUT2D eigenvalue weighted by atomic mass is 10.0. The molecule has 22 nitrogen and oxygen atoms in total. The Balaban J connectivity index is 1.35. The zero-order valence-electron chi connectivity index (χ0n) is 40.8. The van der Waals surface area contributed by atoms with E-state index < -0.39 is 114 Å². The van der Waals surface area contributed by atoms with Gasteiger partial charge in [-0.1, -0.05) is 91.0 Å². The minimum atomic E-state index is -1.56. The van der Waals surface area contributed by atoms with E-state index in [0.717, 1.165) is 6.42 Å². The number of aliphatic carboxylic acids is 2. The molecule has 2 aliphatic rings. The Morgan fingerprint density at radius 1 is 0.630 bits per heavy atom. The van der Waals surface area contributed by atoms with Crippen molar-refractivity contribution in [3.05, 3.63) is 108 Å². The predicted octanol–water partition coefficient (Wildman–Crippen LogP) is -0.401. The molecule has 3 aromatic rings. The number of nitrogens with one attached hydrogen (secondary N) is 9. The lowest BCUT2D eigenvalue weighted by molar-refractivity contribution is -0.149. The minimum Gasteiger partial charge on any atom is -0.481 e. The molecule has 0 aliphatic carbocycles. The number of nitrogens with two attached hydrogens (primary N) is 1. The molecule has 2 saturated heterocycles. The van der Waals surface area contributed by atoms with Crippen molar-refractivity contribution >= 4 is 59.2 Å². The first-order chi connectivity index (χ1) is 35.0. The number of nitrogens with zero attached hydrogens (tertiary/aromatic N) is 1. The number of carboxylic acids is 2. The summed E-state index contributed by atoms with van der Waals surface area (Å²) in [5, 5.41) is 48.7. The molecule has 0 aromatic heterocycles. The van der Waals surface area contributed by atoms with Gasteiger partial charge in [0.05, 0.1) is 6.04 Å². The molecule has 13 N–H and O–H groups in total. The number of carbonyl (C=O) groups excluding carboxylic acids is 7. The molecule has 0 saturated carbocycles. The lowest BCUT2D eigenvalue weighted by Crippen LogP contribution is -2.60. The maximum absolute atomic E-state index is 14.5. The Labute approximate surface area is 423 Å². The van der Waals surface area contributed by atoms with Gasteiger partial charge in [-0.2, -0.15) is 0 Å². The van der Waals surface area contributed by atoms with Crippen LogP contribution in [-0.4, -0.2) is 142 Å². The van der Waals surface area contributed by atoms with Crippen molar-refractivity contribution in [2.75, 3.05) is 19.6 Å². The van der Waals surface area contributed by atoms with E-state index in [9.17, 15) is 53.4 Å². The molecular weight excluding hydrogens is 943 g/mol. The van der Waals surface area contributed by atoms with Crippen LogP contribution in [0.15, 0.2) is 91.0 Å². The number of hydrogen-bond acceptors (Lipinski definition) is 11. The summed E-state index contributed by atoms with van der Waals surface area (Å²) < 4.78 is 0. The van der Waals surface area contributed by atoms with Gasteiger partial charge in [0.2, 0.25) is 41.4 Å². The van der Waals surface area contributed by atoms with E-state index in [2.05, 4.69) is 42.5 Å². The summed E-state index contributed by atoms with van der Waals surface area (Å²) in [5.74, 6) is -7.90. The van der Waals surface area contributed by atoms with E-state index in [4.69, 9.17) is 11.1 Å². The molecule has 7 amide bonds. The van der Waals surface area contributed by atoms with Gasteiger partial charge in [-0.3, -0.25) is 43.8 Å². The van der Waals surface area contributed by atoms with Crippen LogP contribution in [-0.2, 0) is 62.4 Å². The molecule has 8 atom stereocenters. The van der Waals surface area contributed by atoms with Crippen molar-refractivity contribution < 1.29 is 53.4 Å². The number of carbonyl (C=O) groups is 9. The van der Waals surface area contributed by atoms with Gasteiger partial charge < -0.3 is 63.4 Å². The molecule has 0 bridgehead atoms. The third-order valence-electron chi connectivity index (χ3n) is 12.6. The summed E-state index contributed by atoms with van der Waals surface area (Å²) in [6.07, 6.45) is 1.27. The minimum absolute atomic E-state index is 0.00579. The highest BCUT2D eigenvalue weighted by Crippen LogP contribution is 2.20. The molecule has 0 spiro atoms. The molecular formula is C51H67N11O11. The fourth-order valence-corrected chi connectivity index (χ4v) is 8.66. The first kappa shape index (κ1) is 56.0. The van der Waals surface area contributed by atoms with E-state index in [-0.39, 0.29) is 51.2 Å². The molecule has 0 unspecified atom stereocenters. The van der Waals surface area contributed by atoms with Crippen LogP contribution in [0.25, 0.3) is 0 Å². The Morgan fingerprint density at radius 2 is 1.11 bits per heavy atom. The topological polar surface area (TPSA) is 343 Å². The van der Waals surface area contributed by atoms with E-state index >= 15 is 0 Å². The average Bonchev–Trinajstić information content (AvgIpc) is 4.10. The van der Waals surface area contributed by atoms with Crippen molar-refractivity contribution in [1.29, 1.82) is 5.41 Å². The lowest BCUT2D eigenvalue weighted by Gasteiger charge is -2.29. The number of benzene rings is 3. The highest BCUT2D eigenvalue weighted by atomic mass is 16.4. The first-order valence-electron chi connectivity index (χ1n) is 24.5. The number of carboxylic acid groups (broad SMARTS) is 2. The zero-order valence-corrected chi connectivity index (χ0v) is 40.8. The standard InChI is InChI=1S/C51H67N11O11/c1-31(43(65)61-40(30-34-18-9-4-10-19-34)49(71)62-27-13-22-41(62)50(72)73)56-45(67)37(23-24-42(63)64)58-47(69)38(28-32-14-5-2-6-15-32)60-48(70)39(29-33-16-7-3-8-17-33)59-46(68)36(21-12-26-55-51(52)53)57-44(66)35-20-11-25-54-35/h2-10,14-19,31,35-41,54H,11-13,20-30H2,1H3,(H,56,67)(H,57,66)(H,58,69)(H,59,68)(H,60,70)(H,61,65)(H,63,64)(H,72,73)(H4,52,53,55)/t31-,35-,36-,37-,38-,39-,40-,41+/m0/s1. The van der Waals surface area contributed by atoms with Gasteiger partial charge in [0, 0.05) is 38.8 Å². The second-order valence-corrected chi connectivity index (χ2v) is 18.2. The van der Waals surface area contributed by atoms with Crippen LogP contribution in [0, 0.1) is 5.41 Å². The van der Waals surface area contributed by atoms with Crippen LogP contribution in [0.5, 0.6) is 0 Å². The van der Waals surface area contributed by atoms with Crippen molar-refractivity contribution in [1.82, 2.24) is 47.4 Å². The Bertz CT molecular complexity index is 2390. The van der Waals surface area contributed by atoms with Crippen molar-refractivity contribution in [3.63, 3.8) is 0 Å². The third-order valence-corrected chi connectivity index (χ3v) is 12.6. The molecule has 3 aromatic carbocycles. The second kappa shape index (κ2) is 28.2. The third kappa shape index (κ3) is 18.0. The average molecular weight is 1010 g/mol. The summed E-state index contributed by atoms with van der Waals surface area (Å²) in [4.78, 5) is 123. The van der Waals surface area contributed by atoms with Crippen LogP contribution < -0.4 is 48.3 Å². The van der Waals surface area contributed by atoms with Crippen LogP contribution in [0.4, 0.5) is 0 Å². The van der Waals surface area contributed by atoms with Crippen molar-refractivity contribution in [2.24, 2.45) is 5.73 Å². The van der Waals surface area contributed by atoms with Crippen LogP contribution in [0.1, 0.15) is 75.0 Å². The quantitative estimate of drug-likeness (QED) is 0.0263. The first-order valence-corrected chi connectivity index (χ1v) is 24.5. The van der Waals surface area contributed by atoms with E-state index in [1.807, 2.05) is 0 Å². The van der Waals surface area contributed by atoms with Gasteiger partial charge in [0.25, 0.3) is 0 Å². The fraction of sp³-hybridized carbons (Fsp3) is 0.451. The monoisotopic (exact) mass is 1010 g/mol. The molecule has 2 fully saturated rings. The van der Waals surface area contributed by atoms with Gasteiger partial charge in [-0.25, -0.2) is 4.79 Å². The van der Waals surface area contributed by atoms with Gasteiger partial charge in [-0.15, -0.1) is 0 Å². The molecule has 2 heterocycles. The maximum atomic E-state index is 14.5. The SMILES string of the molecule is C[C@H](NC(=O)[C@H](CCC(=O)O)NC(=O)[C@H](Cc1ccccc1)NC(=O)[C@H](Cc1ccccc1)NC(=O)[C@H](CCCNC(=N)N)NC(=O)[C@@H]1CCCN1)C(=O)N[C@@H](Cc1ccccc1)C(=O)N1CCC[C@@H]1C(=O)O. The number of rotatable bonds is 27. The molecule has 73 heavy (non-hydrogen) atoms. The van der Waals surface area contributed by atoms with Crippen LogP contribution >= 0.6 is 0 Å². The summed E-state index contributed by atoms with van der Waals surface area (Å²) >= 11 is 0. The van der Waals surface area contributed by atoms with E-state index in [0.29, 0.717) is 42.5 Å². The number of amides is 7. The molecule has 2 aliphatic heterocycles. The van der Waals surface area contributed by atoms with Gasteiger partial charge >= 0.3 is 11.9 Å². The maximum Gasteiger partial charge on any atom is 0.326 e. The Kier molecular flexibility index (Phi) is 21.7. The highest BCUT2D eigenvalue weighted by Gasteiger charge is 2.39. The smallest absolute Gasteiger partial charge is 0.326 e. The summed E-state index contributed by atoms with van der Waals surface area (Å²) in [6.45, 7) is 2.35. The van der Waals surface area contributed by atoms with Gasteiger partial charge in [0.1, 0.15) is 42.3 Å². The predicted molar refractivity (Wildman–Crippen MR) is 267 cm³/mol. The Morgan fingerprint density at radius 3 is 1.60 bits per heavy atom. The molecule has 0 radical (unpaired) electrons. The number of hydrogen-bond donors (Lipinski definition) is 12. The number of guanidine groups is 1. The normalized spacial score (nSPS) is 17.5. The Hall–Kier alpha value is -7.88. The van der Waals surface area contributed by atoms with Crippen molar-refractivity contribution in [2.45, 2.75) is 126 Å². The molecule has 5 rings (SSSR count). The summed E-state index contributed by atoms with van der Waals surface area (Å²) in [5.41, 5.74) is 7.35. The van der Waals surface area contributed by atoms with Gasteiger partial charge in [-0.05, 0) is 75.1 Å². The summed E-state index contributed by atoms with van der Waals surface area (Å²) in [7, 11) is 0. The molecule has 22 heteroatoms. The highest BCUT2D eigenvalue weighted by molar-refractivity contribution is 5.98. The zero-order chi connectivity index (χ0) is 52.9.